The number of nitrogens with one attached hydrogen (secondary N) is 4. The first-order valence-corrected chi connectivity index (χ1v) is 18.4. The third kappa shape index (κ3) is 18.9. The lowest BCUT2D eigenvalue weighted by Crippen LogP contribution is -2.53. The number of rotatable bonds is 26. The van der Waals surface area contributed by atoms with Crippen LogP contribution in [0.15, 0.2) is 36.4 Å². The van der Waals surface area contributed by atoms with E-state index in [-0.39, 0.29) is 76.1 Å². The molecular formula is C38H57N5O12. The van der Waals surface area contributed by atoms with E-state index in [0.29, 0.717) is 38.7 Å². The van der Waals surface area contributed by atoms with Gasteiger partial charge in [-0.05, 0) is 51.3 Å². The average Bonchev–Trinajstić information content (AvgIpc) is 3.45. The van der Waals surface area contributed by atoms with E-state index in [1.807, 2.05) is 0 Å². The molecule has 17 heteroatoms. The van der Waals surface area contributed by atoms with Crippen molar-refractivity contribution in [3.05, 3.63) is 42.0 Å². The number of esters is 1. The van der Waals surface area contributed by atoms with Crippen LogP contribution in [0.2, 0.25) is 0 Å². The van der Waals surface area contributed by atoms with E-state index < -0.39 is 41.1 Å². The van der Waals surface area contributed by atoms with Gasteiger partial charge in [-0.1, -0.05) is 26.0 Å². The van der Waals surface area contributed by atoms with E-state index in [2.05, 4.69) is 21.3 Å². The molecule has 1 aromatic rings. The molecule has 1 aliphatic heterocycles. The van der Waals surface area contributed by atoms with Gasteiger partial charge < -0.3 is 45.0 Å². The van der Waals surface area contributed by atoms with Crippen molar-refractivity contribution in [3.8, 4) is 0 Å². The fourth-order valence-corrected chi connectivity index (χ4v) is 4.59. The second-order valence-corrected chi connectivity index (χ2v) is 14.0. The van der Waals surface area contributed by atoms with Crippen LogP contribution in [0.5, 0.6) is 0 Å². The molecule has 0 unspecified atom stereocenters. The molecular weight excluding hydrogens is 718 g/mol. The molecule has 1 heterocycles. The summed E-state index contributed by atoms with van der Waals surface area (Å²) in [5.74, 6) is -2.98. The minimum Gasteiger partial charge on any atom is -0.460 e. The highest BCUT2D eigenvalue weighted by molar-refractivity contribution is 6.13. The van der Waals surface area contributed by atoms with Crippen LogP contribution in [-0.2, 0) is 63.9 Å². The molecule has 0 aliphatic carbocycles. The van der Waals surface area contributed by atoms with Gasteiger partial charge in [0.05, 0.1) is 58.3 Å². The van der Waals surface area contributed by atoms with Gasteiger partial charge in [0.15, 0.2) is 0 Å². The summed E-state index contributed by atoms with van der Waals surface area (Å²) in [5, 5.41) is 10.8. The van der Waals surface area contributed by atoms with E-state index in [4.69, 9.17) is 23.7 Å². The molecule has 1 aliphatic rings. The maximum absolute atomic E-state index is 13.0. The predicted molar refractivity (Wildman–Crippen MR) is 200 cm³/mol. The Balaban J connectivity index is 1.49. The number of nitrogens with zero attached hydrogens (tertiary/aromatic N) is 1. The summed E-state index contributed by atoms with van der Waals surface area (Å²) in [6.45, 7) is 13.2. The summed E-state index contributed by atoms with van der Waals surface area (Å²) in [6, 6.07) is 5.08. The molecule has 0 saturated heterocycles. The Kier molecular flexibility index (Phi) is 20.8. The van der Waals surface area contributed by atoms with Crippen LogP contribution in [0.25, 0.3) is 0 Å². The first-order chi connectivity index (χ1) is 26.1. The molecule has 0 bridgehead atoms. The first-order valence-electron chi connectivity index (χ1n) is 18.4. The summed E-state index contributed by atoms with van der Waals surface area (Å²) in [7, 11) is 0. The number of imide groups is 1. The fraction of sp³-hybridized carbons (Fsp3) is 0.605. The number of ether oxygens (including phenoxy) is 5. The van der Waals surface area contributed by atoms with Crippen LogP contribution in [0, 0.1) is 11.3 Å². The van der Waals surface area contributed by atoms with Crippen molar-refractivity contribution in [2.75, 3.05) is 71.3 Å². The van der Waals surface area contributed by atoms with Crippen LogP contribution in [0.3, 0.4) is 0 Å². The average molecular weight is 776 g/mol. The number of hydrogen-bond acceptors (Lipinski definition) is 12. The zero-order chi connectivity index (χ0) is 40.8. The van der Waals surface area contributed by atoms with Gasteiger partial charge in [0.25, 0.3) is 11.8 Å². The van der Waals surface area contributed by atoms with Gasteiger partial charge in [-0.25, -0.2) is 0 Å². The van der Waals surface area contributed by atoms with Crippen molar-refractivity contribution in [1.82, 2.24) is 20.9 Å². The standard InChI is InChI=1S/C38H57N5O12/c1-26(2)34(36(49)40-27(3)35(48)41-29-9-7-28(8-10-29)25-55-37(50)38(4,5)6)42-31(45)14-17-51-19-21-53-23-24-54-22-20-52-18-15-39-30(44)13-16-43-32(46)11-12-33(43)47/h7-12,26-27,34H,13-25H2,1-6H3,(H,39,44)(H,40,49)(H,41,48)(H,42,45)/t27-,34-/m1/s1. The van der Waals surface area contributed by atoms with Gasteiger partial charge >= 0.3 is 5.97 Å². The smallest absolute Gasteiger partial charge is 0.311 e. The summed E-state index contributed by atoms with van der Waals surface area (Å²) in [4.78, 5) is 86.1. The van der Waals surface area contributed by atoms with Crippen LogP contribution in [0.1, 0.15) is 59.9 Å². The molecule has 306 valence electrons. The van der Waals surface area contributed by atoms with Crippen LogP contribution in [-0.4, -0.2) is 124 Å². The van der Waals surface area contributed by atoms with E-state index in [9.17, 15) is 33.6 Å². The Morgan fingerprint density at radius 1 is 0.691 bits per heavy atom. The van der Waals surface area contributed by atoms with E-state index in [1.165, 1.54) is 12.2 Å². The lowest BCUT2D eigenvalue weighted by molar-refractivity contribution is -0.154. The molecule has 55 heavy (non-hydrogen) atoms. The van der Waals surface area contributed by atoms with Gasteiger partial charge in [0.2, 0.25) is 23.6 Å². The predicted octanol–water partition coefficient (Wildman–Crippen LogP) is 1.25. The third-order valence-corrected chi connectivity index (χ3v) is 7.84. The monoisotopic (exact) mass is 775 g/mol. The molecule has 6 amide bonds. The number of hydrogen-bond donors (Lipinski definition) is 4. The Bertz CT molecular complexity index is 1440. The second-order valence-electron chi connectivity index (χ2n) is 14.0. The number of benzene rings is 1. The minimum absolute atomic E-state index is 0.0204. The maximum atomic E-state index is 13.0. The van der Waals surface area contributed by atoms with Crippen LogP contribution >= 0.6 is 0 Å². The number of carbonyl (C=O) groups excluding carboxylic acids is 7. The van der Waals surface area contributed by atoms with Crippen LogP contribution < -0.4 is 21.3 Å². The largest absolute Gasteiger partial charge is 0.460 e. The van der Waals surface area contributed by atoms with Crippen molar-refractivity contribution in [2.45, 2.75) is 73.1 Å². The van der Waals surface area contributed by atoms with Crippen molar-refractivity contribution in [2.24, 2.45) is 11.3 Å². The summed E-state index contributed by atoms with van der Waals surface area (Å²) in [5.41, 5.74) is 0.666. The van der Waals surface area contributed by atoms with E-state index >= 15 is 0 Å². The Hall–Kier alpha value is -4.71. The van der Waals surface area contributed by atoms with E-state index in [0.717, 1.165) is 10.5 Å². The number of amides is 6. The topological polar surface area (TPSA) is 217 Å². The highest BCUT2D eigenvalue weighted by Gasteiger charge is 2.27. The molecule has 2 rings (SSSR count). The Morgan fingerprint density at radius 2 is 1.24 bits per heavy atom. The molecule has 0 fully saturated rings. The van der Waals surface area contributed by atoms with Gasteiger partial charge in [-0.3, -0.25) is 38.5 Å². The van der Waals surface area contributed by atoms with Gasteiger partial charge in [0.1, 0.15) is 18.7 Å². The van der Waals surface area contributed by atoms with Crippen LogP contribution in [0.4, 0.5) is 5.69 Å². The molecule has 4 N–H and O–H groups in total. The highest BCUT2D eigenvalue weighted by Crippen LogP contribution is 2.17. The molecule has 0 radical (unpaired) electrons. The quantitative estimate of drug-likeness (QED) is 0.0594. The van der Waals surface area contributed by atoms with Gasteiger partial charge in [-0.2, -0.15) is 0 Å². The zero-order valence-electron chi connectivity index (χ0n) is 32.7. The van der Waals surface area contributed by atoms with Crippen molar-refractivity contribution < 1.29 is 57.2 Å². The minimum atomic E-state index is -0.883. The number of anilines is 1. The van der Waals surface area contributed by atoms with Crippen molar-refractivity contribution in [3.63, 3.8) is 0 Å². The second kappa shape index (κ2) is 24.6. The molecule has 0 aromatic heterocycles. The molecule has 0 saturated carbocycles. The summed E-state index contributed by atoms with van der Waals surface area (Å²) < 4.78 is 27.0. The Labute approximate surface area is 322 Å². The van der Waals surface area contributed by atoms with E-state index in [1.54, 1.807) is 65.8 Å². The van der Waals surface area contributed by atoms with Crippen molar-refractivity contribution >= 4 is 47.1 Å². The molecule has 17 nitrogen and oxygen atoms in total. The molecule has 1 aromatic carbocycles. The first kappa shape index (κ1) is 46.4. The van der Waals surface area contributed by atoms with Crippen molar-refractivity contribution in [1.29, 1.82) is 0 Å². The normalized spacial score (nSPS) is 13.8. The molecule has 0 spiro atoms. The number of carbonyl (C=O) groups is 7. The lowest BCUT2D eigenvalue weighted by atomic mass is 9.97. The SMILES string of the molecule is CC(C)[C@@H](NC(=O)CCOCCOCCOCCOCCNC(=O)CCN1C(=O)C=CC1=O)C(=O)N[C@H](C)C(=O)Nc1ccc(COC(=O)C(C)(C)C)cc1. The Morgan fingerprint density at radius 3 is 1.78 bits per heavy atom. The lowest BCUT2D eigenvalue weighted by Gasteiger charge is -2.24. The highest BCUT2D eigenvalue weighted by atomic mass is 16.6. The van der Waals surface area contributed by atoms with Gasteiger partial charge in [-0.15, -0.1) is 0 Å². The summed E-state index contributed by atoms with van der Waals surface area (Å²) in [6.07, 6.45) is 2.40. The zero-order valence-corrected chi connectivity index (χ0v) is 32.7. The fourth-order valence-electron chi connectivity index (χ4n) is 4.59. The van der Waals surface area contributed by atoms with Gasteiger partial charge in [0, 0.05) is 43.8 Å². The third-order valence-electron chi connectivity index (χ3n) is 7.84. The summed E-state index contributed by atoms with van der Waals surface area (Å²) >= 11 is 0. The maximum Gasteiger partial charge on any atom is 0.311 e. The molecule has 2 atom stereocenters.